The zero-order valence-electron chi connectivity index (χ0n) is 16.2. The van der Waals surface area contributed by atoms with Gasteiger partial charge < -0.3 is 14.9 Å². The van der Waals surface area contributed by atoms with Crippen LogP contribution in [0.25, 0.3) is 0 Å². The molecule has 0 aromatic carbocycles. The first-order chi connectivity index (χ1) is 12.4. The van der Waals surface area contributed by atoms with E-state index in [0.717, 1.165) is 25.7 Å². The molecule has 0 radical (unpaired) electrons. The second-order valence-corrected chi connectivity index (χ2v) is 8.36. The van der Waals surface area contributed by atoms with Crippen LogP contribution in [-0.2, 0) is 13.9 Å². The third-order valence-corrected chi connectivity index (χ3v) is 5.06. The molecule has 0 saturated carbocycles. The van der Waals surface area contributed by atoms with E-state index in [0.29, 0.717) is 12.8 Å². The van der Waals surface area contributed by atoms with E-state index in [2.05, 4.69) is 4.52 Å². The van der Waals surface area contributed by atoms with Crippen molar-refractivity contribution in [2.75, 3.05) is 6.61 Å². The summed E-state index contributed by atoms with van der Waals surface area (Å²) in [4.78, 5) is 27.5. The molecule has 3 N–H and O–H groups in total. The number of hydrogen-bond acceptors (Lipinski definition) is 3. The minimum atomic E-state index is -4.28. The first kappa shape index (κ1) is 25.6. The fourth-order valence-electron chi connectivity index (χ4n) is 3.04. The highest BCUT2D eigenvalue weighted by atomic mass is 31.2. The lowest BCUT2D eigenvalue weighted by molar-refractivity contribution is -0.137. The van der Waals surface area contributed by atoms with Gasteiger partial charge >= 0.3 is 13.8 Å². The molecule has 156 valence electrons. The average molecular weight is 394 g/mol. The Balaban J connectivity index is 3.05. The van der Waals surface area contributed by atoms with Gasteiger partial charge in [-0.15, -0.1) is 0 Å². The number of phosphoric acid groups is 1. The quantitative estimate of drug-likeness (QED) is 0.178. The Morgan fingerprint density at radius 3 is 1.23 bits per heavy atom. The number of carbonyl (C=O) groups is 1. The summed E-state index contributed by atoms with van der Waals surface area (Å²) < 4.78 is 14.9. The van der Waals surface area contributed by atoms with Crippen LogP contribution in [0.2, 0.25) is 0 Å². The van der Waals surface area contributed by atoms with E-state index in [1.807, 2.05) is 0 Å². The van der Waals surface area contributed by atoms with Gasteiger partial charge in [0.1, 0.15) is 0 Å². The standard InChI is InChI=1S/C19H39O6P/c20-19(21)17-15-13-11-9-7-5-3-1-2-4-6-8-10-12-14-16-18-25-26(22,23)24/h1-18H2,(H,20,21)(H2,22,23,24). The van der Waals surface area contributed by atoms with E-state index in [4.69, 9.17) is 14.9 Å². The summed E-state index contributed by atoms with van der Waals surface area (Å²) in [6, 6.07) is 0. The van der Waals surface area contributed by atoms with Gasteiger partial charge in [-0.05, 0) is 12.8 Å². The van der Waals surface area contributed by atoms with Crippen LogP contribution in [0.15, 0.2) is 0 Å². The molecule has 0 unspecified atom stereocenters. The maximum absolute atomic E-state index is 10.5. The number of unbranched alkanes of at least 4 members (excludes halogenated alkanes) is 15. The molecule has 26 heavy (non-hydrogen) atoms. The molecule has 0 saturated heterocycles. The molecule has 0 rings (SSSR count). The van der Waals surface area contributed by atoms with Crippen LogP contribution in [0.1, 0.15) is 109 Å². The molecule has 0 fully saturated rings. The van der Waals surface area contributed by atoms with Gasteiger partial charge in [-0.3, -0.25) is 9.32 Å². The number of rotatable bonds is 20. The summed E-state index contributed by atoms with van der Waals surface area (Å²) in [7, 11) is -4.28. The molecule has 7 heteroatoms. The lowest BCUT2D eigenvalue weighted by Gasteiger charge is -2.05. The highest BCUT2D eigenvalue weighted by Crippen LogP contribution is 2.35. The van der Waals surface area contributed by atoms with E-state index in [1.54, 1.807) is 0 Å². The number of hydrogen-bond donors (Lipinski definition) is 3. The summed E-state index contributed by atoms with van der Waals surface area (Å²) in [6.45, 7) is 0.145. The van der Waals surface area contributed by atoms with E-state index in [-0.39, 0.29) is 6.61 Å². The Labute approximate surface area is 159 Å². The van der Waals surface area contributed by atoms with Crippen LogP contribution >= 0.6 is 7.82 Å². The van der Waals surface area contributed by atoms with Crippen molar-refractivity contribution in [3.05, 3.63) is 0 Å². The second-order valence-electron chi connectivity index (χ2n) is 7.12. The Morgan fingerprint density at radius 1 is 0.615 bits per heavy atom. The first-order valence-electron chi connectivity index (χ1n) is 10.3. The molecule has 0 aliphatic carbocycles. The largest absolute Gasteiger partial charge is 0.481 e. The van der Waals surface area contributed by atoms with Crippen molar-refractivity contribution in [2.45, 2.75) is 109 Å². The van der Waals surface area contributed by atoms with Gasteiger partial charge in [0.2, 0.25) is 0 Å². The van der Waals surface area contributed by atoms with Gasteiger partial charge in [-0.2, -0.15) is 0 Å². The normalized spacial score (nSPS) is 11.8. The lowest BCUT2D eigenvalue weighted by atomic mass is 10.0. The zero-order chi connectivity index (χ0) is 19.5. The summed E-state index contributed by atoms with van der Waals surface area (Å²) in [6.07, 6.45) is 18.9. The van der Waals surface area contributed by atoms with Crippen LogP contribution in [0.3, 0.4) is 0 Å². The van der Waals surface area contributed by atoms with Gasteiger partial charge in [-0.1, -0.05) is 89.9 Å². The maximum atomic E-state index is 10.5. The smallest absolute Gasteiger partial charge is 0.469 e. The molecule has 0 bridgehead atoms. The van der Waals surface area contributed by atoms with E-state index in [9.17, 15) is 9.36 Å². The lowest BCUT2D eigenvalue weighted by Crippen LogP contribution is -1.93. The maximum Gasteiger partial charge on any atom is 0.469 e. The molecule has 0 aliphatic rings. The molecule has 0 amide bonds. The first-order valence-corrected chi connectivity index (χ1v) is 11.9. The van der Waals surface area contributed by atoms with Gasteiger partial charge in [-0.25, -0.2) is 4.57 Å². The Morgan fingerprint density at radius 2 is 0.923 bits per heavy atom. The third kappa shape index (κ3) is 23.6. The van der Waals surface area contributed by atoms with Crippen molar-refractivity contribution in [1.82, 2.24) is 0 Å². The van der Waals surface area contributed by atoms with Crippen LogP contribution in [-0.4, -0.2) is 27.5 Å². The third-order valence-electron chi connectivity index (χ3n) is 4.54. The average Bonchev–Trinajstić information content (AvgIpc) is 2.55. The molecule has 0 spiro atoms. The topological polar surface area (TPSA) is 104 Å². The van der Waals surface area contributed by atoms with Crippen LogP contribution in [0.4, 0.5) is 0 Å². The number of aliphatic carboxylic acids is 1. The summed E-state index contributed by atoms with van der Waals surface area (Å²) in [5, 5.41) is 8.54. The van der Waals surface area contributed by atoms with E-state index >= 15 is 0 Å². The predicted octanol–water partition coefficient (Wildman–Crippen LogP) is 5.81. The highest BCUT2D eigenvalue weighted by Gasteiger charge is 2.12. The minimum Gasteiger partial charge on any atom is -0.481 e. The molecule has 0 heterocycles. The van der Waals surface area contributed by atoms with Crippen molar-refractivity contribution in [3.63, 3.8) is 0 Å². The Hall–Kier alpha value is -0.420. The van der Waals surface area contributed by atoms with E-state index < -0.39 is 13.8 Å². The SMILES string of the molecule is O=C(O)CCCCCCCCCCCCCCCCCCOP(=O)(O)O. The summed E-state index contributed by atoms with van der Waals surface area (Å²) >= 11 is 0. The second kappa shape index (κ2) is 18.0. The Bertz CT molecular complexity index is 369. The monoisotopic (exact) mass is 394 g/mol. The van der Waals surface area contributed by atoms with Gasteiger partial charge in [0.05, 0.1) is 6.61 Å². The Kier molecular flexibility index (Phi) is 17.7. The molecule has 0 aromatic rings. The van der Waals surface area contributed by atoms with Crippen LogP contribution in [0, 0.1) is 0 Å². The zero-order valence-corrected chi connectivity index (χ0v) is 17.1. The van der Waals surface area contributed by atoms with Crippen LogP contribution < -0.4 is 0 Å². The highest BCUT2D eigenvalue weighted by molar-refractivity contribution is 7.46. The van der Waals surface area contributed by atoms with Crippen molar-refractivity contribution in [1.29, 1.82) is 0 Å². The summed E-state index contributed by atoms with van der Waals surface area (Å²) in [5.74, 6) is -0.683. The number of phosphoric ester groups is 1. The van der Waals surface area contributed by atoms with Crippen molar-refractivity contribution >= 4 is 13.8 Å². The van der Waals surface area contributed by atoms with Gasteiger partial charge in [0.25, 0.3) is 0 Å². The molecular weight excluding hydrogens is 355 g/mol. The fraction of sp³-hybridized carbons (Fsp3) is 0.947. The molecule has 0 aliphatic heterocycles. The van der Waals surface area contributed by atoms with Crippen molar-refractivity contribution in [3.8, 4) is 0 Å². The van der Waals surface area contributed by atoms with Gasteiger partial charge in [0.15, 0.2) is 0 Å². The number of carboxylic acids is 1. The molecule has 6 nitrogen and oxygen atoms in total. The predicted molar refractivity (Wildman–Crippen MR) is 104 cm³/mol. The van der Waals surface area contributed by atoms with Gasteiger partial charge in [0, 0.05) is 6.42 Å². The molecule has 0 atom stereocenters. The summed E-state index contributed by atoms with van der Waals surface area (Å²) in [5.41, 5.74) is 0. The number of carboxylic acid groups (broad SMARTS) is 1. The van der Waals surface area contributed by atoms with Crippen molar-refractivity contribution in [2.24, 2.45) is 0 Å². The molecule has 0 aromatic heterocycles. The fourth-order valence-corrected chi connectivity index (χ4v) is 3.40. The van der Waals surface area contributed by atoms with E-state index in [1.165, 1.54) is 70.6 Å². The van der Waals surface area contributed by atoms with Crippen molar-refractivity contribution < 1.29 is 28.8 Å². The van der Waals surface area contributed by atoms with Crippen LogP contribution in [0.5, 0.6) is 0 Å². The molecular formula is C19H39O6P. The minimum absolute atomic E-state index is 0.145.